The summed E-state index contributed by atoms with van der Waals surface area (Å²) in [5.41, 5.74) is 1.36. The van der Waals surface area contributed by atoms with E-state index in [0.29, 0.717) is 24.8 Å². The van der Waals surface area contributed by atoms with Crippen molar-refractivity contribution < 1.29 is 9.53 Å². The Morgan fingerprint density at radius 1 is 1.44 bits per heavy atom. The molecular formula is C14H22N2O2. The lowest BCUT2D eigenvalue weighted by Gasteiger charge is -2.24. The van der Waals surface area contributed by atoms with E-state index in [4.69, 9.17) is 4.74 Å². The van der Waals surface area contributed by atoms with Crippen molar-refractivity contribution in [2.45, 2.75) is 20.8 Å². The number of pyridine rings is 1. The average Bonchev–Trinajstić information content (AvgIpc) is 2.33. The fourth-order valence-corrected chi connectivity index (χ4v) is 1.74. The molecule has 0 N–H and O–H groups in total. The Balaban J connectivity index is 2.80. The fraction of sp³-hybridized carbons (Fsp3) is 0.571. The van der Waals surface area contributed by atoms with E-state index in [1.807, 2.05) is 19.1 Å². The van der Waals surface area contributed by atoms with Crippen molar-refractivity contribution in [1.82, 2.24) is 9.88 Å². The summed E-state index contributed by atoms with van der Waals surface area (Å²) in [4.78, 5) is 18.4. The first-order chi connectivity index (χ1) is 8.54. The van der Waals surface area contributed by atoms with Crippen LogP contribution in [-0.4, -0.2) is 42.6 Å². The molecule has 100 valence electrons. The van der Waals surface area contributed by atoms with Crippen LogP contribution in [0.2, 0.25) is 0 Å². The lowest BCUT2D eigenvalue weighted by molar-refractivity contribution is 0.0666. The summed E-state index contributed by atoms with van der Waals surface area (Å²) in [5.74, 6) is 0.403. The second-order valence-electron chi connectivity index (χ2n) is 4.80. The summed E-state index contributed by atoms with van der Waals surface area (Å²) >= 11 is 0. The van der Waals surface area contributed by atoms with Gasteiger partial charge in [-0.15, -0.1) is 0 Å². The summed E-state index contributed by atoms with van der Waals surface area (Å²) in [5, 5.41) is 0. The zero-order valence-corrected chi connectivity index (χ0v) is 11.6. The summed E-state index contributed by atoms with van der Waals surface area (Å²) in [7, 11) is 1.64. The van der Waals surface area contributed by atoms with Crippen molar-refractivity contribution >= 4 is 5.91 Å². The van der Waals surface area contributed by atoms with E-state index in [1.54, 1.807) is 18.1 Å². The first kappa shape index (κ1) is 14.6. The van der Waals surface area contributed by atoms with Gasteiger partial charge < -0.3 is 9.64 Å². The van der Waals surface area contributed by atoms with Gasteiger partial charge in [-0.05, 0) is 25.0 Å². The molecule has 0 bridgehead atoms. The number of aromatic nitrogens is 1. The van der Waals surface area contributed by atoms with Gasteiger partial charge in [0.15, 0.2) is 0 Å². The standard InChI is InChI=1S/C14H22N2O2/c1-11(2)10-16(8-9-18-4)14(17)13-7-5-6-12(3)15-13/h5-7,11H,8-10H2,1-4H3. The maximum atomic E-state index is 12.3. The van der Waals surface area contributed by atoms with Crippen LogP contribution in [0.5, 0.6) is 0 Å². The molecule has 0 saturated heterocycles. The van der Waals surface area contributed by atoms with Crippen LogP contribution >= 0.6 is 0 Å². The van der Waals surface area contributed by atoms with Gasteiger partial charge in [-0.2, -0.15) is 0 Å². The zero-order chi connectivity index (χ0) is 13.5. The highest BCUT2D eigenvalue weighted by Gasteiger charge is 2.17. The van der Waals surface area contributed by atoms with Gasteiger partial charge in [0.1, 0.15) is 5.69 Å². The van der Waals surface area contributed by atoms with Crippen molar-refractivity contribution in [3.05, 3.63) is 29.6 Å². The first-order valence-electron chi connectivity index (χ1n) is 6.26. The SMILES string of the molecule is COCCN(CC(C)C)C(=O)c1cccc(C)n1. The van der Waals surface area contributed by atoms with E-state index < -0.39 is 0 Å². The highest BCUT2D eigenvalue weighted by atomic mass is 16.5. The molecule has 0 radical (unpaired) electrons. The topological polar surface area (TPSA) is 42.4 Å². The largest absolute Gasteiger partial charge is 0.383 e. The van der Waals surface area contributed by atoms with E-state index in [9.17, 15) is 4.79 Å². The molecule has 4 nitrogen and oxygen atoms in total. The molecule has 0 atom stereocenters. The third-order valence-electron chi connectivity index (χ3n) is 2.55. The number of carbonyl (C=O) groups is 1. The number of ether oxygens (including phenoxy) is 1. The van der Waals surface area contributed by atoms with Crippen LogP contribution in [0.3, 0.4) is 0 Å². The molecule has 1 rings (SSSR count). The lowest BCUT2D eigenvalue weighted by Crippen LogP contribution is -2.37. The molecule has 0 aliphatic rings. The third kappa shape index (κ3) is 4.45. The van der Waals surface area contributed by atoms with Gasteiger partial charge >= 0.3 is 0 Å². The minimum Gasteiger partial charge on any atom is -0.383 e. The normalized spacial score (nSPS) is 10.7. The molecule has 0 saturated carbocycles. The number of hydrogen-bond acceptors (Lipinski definition) is 3. The van der Waals surface area contributed by atoms with Gasteiger partial charge in [0, 0.05) is 25.9 Å². The fourth-order valence-electron chi connectivity index (χ4n) is 1.74. The molecule has 4 heteroatoms. The van der Waals surface area contributed by atoms with E-state index in [0.717, 1.165) is 12.2 Å². The van der Waals surface area contributed by atoms with Gasteiger partial charge in [0.2, 0.25) is 0 Å². The molecule has 1 aromatic heterocycles. The van der Waals surface area contributed by atoms with Crippen LogP contribution in [0, 0.1) is 12.8 Å². The molecular weight excluding hydrogens is 228 g/mol. The predicted molar refractivity (Wildman–Crippen MR) is 71.6 cm³/mol. The van der Waals surface area contributed by atoms with Crippen LogP contribution in [0.25, 0.3) is 0 Å². The highest BCUT2D eigenvalue weighted by Crippen LogP contribution is 2.06. The van der Waals surface area contributed by atoms with Crippen LogP contribution < -0.4 is 0 Å². The Morgan fingerprint density at radius 3 is 2.72 bits per heavy atom. The van der Waals surface area contributed by atoms with Crippen molar-refractivity contribution in [1.29, 1.82) is 0 Å². The van der Waals surface area contributed by atoms with E-state index in [1.165, 1.54) is 0 Å². The minimum absolute atomic E-state index is 0.0237. The molecule has 1 aromatic rings. The smallest absolute Gasteiger partial charge is 0.272 e. The van der Waals surface area contributed by atoms with Gasteiger partial charge in [-0.25, -0.2) is 4.98 Å². The second-order valence-corrected chi connectivity index (χ2v) is 4.80. The van der Waals surface area contributed by atoms with Crippen LogP contribution in [0.1, 0.15) is 30.0 Å². The number of rotatable bonds is 6. The van der Waals surface area contributed by atoms with Crippen LogP contribution in [0.4, 0.5) is 0 Å². The number of hydrogen-bond donors (Lipinski definition) is 0. The lowest BCUT2D eigenvalue weighted by atomic mass is 10.2. The average molecular weight is 250 g/mol. The quantitative estimate of drug-likeness (QED) is 0.776. The third-order valence-corrected chi connectivity index (χ3v) is 2.55. The molecule has 0 aliphatic heterocycles. The molecule has 0 unspecified atom stereocenters. The number of methoxy groups -OCH3 is 1. The molecule has 0 spiro atoms. The number of aryl methyl sites for hydroxylation is 1. The Hall–Kier alpha value is -1.42. The summed E-state index contributed by atoms with van der Waals surface area (Å²) in [6.07, 6.45) is 0. The van der Waals surface area contributed by atoms with Gasteiger partial charge in [-0.1, -0.05) is 19.9 Å². The van der Waals surface area contributed by atoms with Crippen LogP contribution in [0.15, 0.2) is 18.2 Å². The van der Waals surface area contributed by atoms with Crippen molar-refractivity contribution in [2.75, 3.05) is 26.8 Å². The summed E-state index contributed by atoms with van der Waals surface area (Å²) < 4.78 is 5.05. The van der Waals surface area contributed by atoms with Crippen molar-refractivity contribution in [2.24, 2.45) is 5.92 Å². The van der Waals surface area contributed by atoms with E-state index in [2.05, 4.69) is 18.8 Å². The predicted octanol–water partition coefficient (Wildman–Crippen LogP) is 2.13. The molecule has 0 aromatic carbocycles. The van der Waals surface area contributed by atoms with Crippen molar-refractivity contribution in [3.8, 4) is 0 Å². The molecule has 0 aliphatic carbocycles. The number of nitrogens with zero attached hydrogens (tertiary/aromatic N) is 2. The van der Waals surface area contributed by atoms with E-state index in [-0.39, 0.29) is 5.91 Å². The van der Waals surface area contributed by atoms with Gasteiger partial charge in [-0.3, -0.25) is 4.79 Å². The number of amides is 1. The summed E-state index contributed by atoms with van der Waals surface area (Å²) in [6, 6.07) is 5.51. The van der Waals surface area contributed by atoms with E-state index >= 15 is 0 Å². The Morgan fingerprint density at radius 2 is 2.17 bits per heavy atom. The first-order valence-corrected chi connectivity index (χ1v) is 6.26. The minimum atomic E-state index is -0.0237. The Kier molecular flexibility index (Phi) is 5.78. The van der Waals surface area contributed by atoms with Crippen LogP contribution in [-0.2, 0) is 4.74 Å². The zero-order valence-electron chi connectivity index (χ0n) is 11.6. The number of carbonyl (C=O) groups excluding carboxylic acids is 1. The molecule has 18 heavy (non-hydrogen) atoms. The maximum absolute atomic E-state index is 12.3. The molecule has 0 fully saturated rings. The monoisotopic (exact) mass is 250 g/mol. The Labute approximate surface area is 109 Å². The van der Waals surface area contributed by atoms with Gasteiger partial charge in [0.05, 0.1) is 6.61 Å². The molecule has 1 amide bonds. The second kappa shape index (κ2) is 7.11. The molecule has 1 heterocycles. The van der Waals surface area contributed by atoms with Crippen molar-refractivity contribution in [3.63, 3.8) is 0 Å². The highest BCUT2D eigenvalue weighted by molar-refractivity contribution is 5.92. The maximum Gasteiger partial charge on any atom is 0.272 e. The summed E-state index contributed by atoms with van der Waals surface area (Å²) in [6.45, 7) is 7.94. The Bertz CT molecular complexity index is 391. The van der Waals surface area contributed by atoms with Gasteiger partial charge in [0.25, 0.3) is 5.91 Å².